The van der Waals surface area contributed by atoms with E-state index in [1.165, 1.54) is 44.5 Å². The van der Waals surface area contributed by atoms with E-state index in [0.717, 1.165) is 11.4 Å². The molecule has 6 rings (SSSR count). The van der Waals surface area contributed by atoms with Crippen LogP contribution in [0.5, 0.6) is 0 Å². The molecule has 1 aliphatic carbocycles. The van der Waals surface area contributed by atoms with Crippen molar-refractivity contribution in [3.8, 4) is 33.4 Å². The van der Waals surface area contributed by atoms with Crippen molar-refractivity contribution in [3.63, 3.8) is 0 Å². The lowest BCUT2D eigenvalue weighted by Gasteiger charge is -2.24. The molecule has 0 bridgehead atoms. The molecule has 0 amide bonds. The van der Waals surface area contributed by atoms with Gasteiger partial charge >= 0.3 is 0 Å². The van der Waals surface area contributed by atoms with Crippen LogP contribution in [0.1, 0.15) is 25.0 Å². The van der Waals surface area contributed by atoms with E-state index in [1.54, 1.807) is 0 Å². The quantitative estimate of drug-likeness (QED) is 0.296. The standard InChI is InChI=1S/C33H27N/c1-33(2)31-17-7-6-14-29(31)30-16-9-15-28(32(30)33)25-12-8-13-27(22-25)34-26-20-18-24(19-21-26)23-10-4-3-5-11-23/h3-22,34H,1-2H3. The summed E-state index contributed by atoms with van der Waals surface area (Å²) in [5.74, 6) is 0. The molecule has 0 radical (unpaired) electrons. The second-order valence-electron chi connectivity index (χ2n) is 9.55. The Morgan fingerprint density at radius 2 is 1.09 bits per heavy atom. The van der Waals surface area contributed by atoms with Crippen molar-refractivity contribution in [2.45, 2.75) is 19.3 Å². The highest BCUT2D eigenvalue weighted by Crippen LogP contribution is 2.52. The van der Waals surface area contributed by atoms with Crippen LogP contribution in [0.3, 0.4) is 0 Å². The van der Waals surface area contributed by atoms with Gasteiger partial charge in [0.2, 0.25) is 0 Å². The fourth-order valence-electron chi connectivity index (χ4n) is 5.40. The molecule has 1 heteroatoms. The molecule has 0 unspecified atom stereocenters. The van der Waals surface area contributed by atoms with Gasteiger partial charge in [0.25, 0.3) is 0 Å². The first kappa shape index (κ1) is 20.5. The third-order valence-corrected chi connectivity index (χ3v) is 7.03. The van der Waals surface area contributed by atoms with Crippen LogP contribution in [-0.4, -0.2) is 0 Å². The van der Waals surface area contributed by atoms with Gasteiger partial charge in [0.05, 0.1) is 0 Å². The van der Waals surface area contributed by atoms with E-state index in [1.807, 2.05) is 6.07 Å². The molecule has 0 atom stereocenters. The predicted octanol–water partition coefficient (Wildman–Crippen LogP) is 9.07. The maximum atomic E-state index is 3.60. The molecule has 164 valence electrons. The Balaban J connectivity index is 1.34. The molecule has 0 aromatic heterocycles. The monoisotopic (exact) mass is 437 g/mol. The number of rotatable bonds is 4. The highest BCUT2D eigenvalue weighted by atomic mass is 14.9. The van der Waals surface area contributed by atoms with Crippen molar-refractivity contribution >= 4 is 11.4 Å². The average molecular weight is 438 g/mol. The number of anilines is 2. The minimum atomic E-state index is -0.0285. The molecule has 1 N–H and O–H groups in total. The molecule has 0 saturated heterocycles. The van der Waals surface area contributed by atoms with E-state index in [2.05, 4.69) is 134 Å². The zero-order valence-corrected chi connectivity index (χ0v) is 19.5. The van der Waals surface area contributed by atoms with Crippen molar-refractivity contribution < 1.29 is 0 Å². The van der Waals surface area contributed by atoms with E-state index in [9.17, 15) is 0 Å². The molecule has 0 aliphatic heterocycles. The van der Waals surface area contributed by atoms with Gasteiger partial charge in [-0.3, -0.25) is 0 Å². The highest BCUT2D eigenvalue weighted by molar-refractivity contribution is 5.88. The summed E-state index contributed by atoms with van der Waals surface area (Å²) in [6.45, 7) is 4.69. The summed E-state index contributed by atoms with van der Waals surface area (Å²) in [6.07, 6.45) is 0. The molecular formula is C33H27N. The zero-order valence-electron chi connectivity index (χ0n) is 19.5. The van der Waals surface area contributed by atoms with Crippen molar-refractivity contribution in [1.82, 2.24) is 0 Å². The Morgan fingerprint density at radius 3 is 1.91 bits per heavy atom. The first-order valence-corrected chi connectivity index (χ1v) is 11.9. The van der Waals surface area contributed by atoms with E-state index < -0.39 is 0 Å². The lowest BCUT2D eigenvalue weighted by atomic mass is 9.79. The average Bonchev–Trinajstić information content (AvgIpc) is 3.12. The van der Waals surface area contributed by atoms with Gasteiger partial charge in [0.15, 0.2) is 0 Å². The number of nitrogens with one attached hydrogen (secondary N) is 1. The Labute approximate surface area is 201 Å². The van der Waals surface area contributed by atoms with Crippen LogP contribution >= 0.6 is 0 Å². The molecule has 1 aliphatic rings. The molecule has 5 aromatic carbocycles. The van der Waals surface area contributed by atoms with Crippen molar-refractivity contribution in [1.29, 1.82) is 0 Å². The Bertz CT molecular complexity index is 1480. The maximum Gasteiger partial charge on any atom is 0.0390 e. The Kier molecular flexibility index (Phi) is 4.85. The first-order valence-electron chi connectivity index (χ1n) is 11.9. The van der Waals surface area contributed by atoms with Crippen LogP contribution in [0.4, 0.5) is 11.4 Å². The van der Waals surface area contributed by atoms with Gasteiger partial charge in [-0.25, -0.2) is 0 Å². The minimum absolute atomic E-state index is 0.0285. The van der Waals surface area contributed by atoms with Gasteiger partial charge < -0.3 is 5.32 Å². The molecule has 0 spiro atoms. The van der Waals surface area contributed by atoms with E-state index >= 15 is 0 Å². The van der Waals surface area contributed by atoms with Crippen molar-refractivity contribution in [2.75, 3.05) is 5.32 Å². The second-order valence-corrected chi connectivity index (χ2v) is 9.55. The SMILES string of the molecule is CC1(C)c2ccccc2-c2cccc(-c3cccc(Nc4ccc(-c5ccccc5)cc4)c3)c21. The fourth-order valence-corrected chi connectivity index (χ4v) is 5.40. The van der Waals surface area contributed by atoms with E-state index in [0.29, 0.717) is 0 Å². The maximum absolute atomic E-state index is 3.60. The molecule has 5 aromatic rings. The van der Waals surface area contributed by atoms with E-state index in [-0.39, 0.29) is 5.41 Å². The zero-order chi connectivity index (χ0) is 23.1. The summed E-state index contributed by atoms with van der Waals surface area (Å²) in [4.78, 5) is 0. The summed E-state index contributed by atoms with van der Waals surface area (Å²) < 4.78 is 0. The third-order valence-electron chi connectivity index (χ3n) is 7.03. The van der Waals surface area contributed by atoms with Crippen LogP contribution < -0.4 is 5.32 Å². The summed E-state index contributed by atoms with van der Waals surface area (Å²) in [5, 5.41) is 3.60. The normalized spacial score (nSPS) is 13.2. The smallest absolute Gasteiger partial charge is 0.0390 e. The number of fused-ring (bicyclic) bond motifs is 3. The molecule has 0 heterocycles. The van der Waals surface area contributed by atoms with Gasteiger partial charge in [0, 0.05) is 16.8 Å². The lowest BCUT2D eigenvalue weighted by molar-refractivity contribution is 0.662. The largest absolute Gasteiger partial charge is 0.356 e. The van der Waals surface area contributed by atoms with Crippen LogP contribution in [0.25, 0.3) is 33.4 Å². The molecule has 1 nitrogen and oxygen atoms in total. The number of hydrogen-bond donors (Lipinski definition) is 1. The van der Waals surface area contributed by atoms with Gasteiger partial charge in [-0.1, -0.05) is 111 Å². The summed E-state index contributed by atoms with van der Waals surface area (Å²) in [7, 11) is 0. The lowest BCUT2D eigenvalue weighted by Crippen LogP contribution is -2.16. The molecule has 0 saturated carbocycles. The van der Waals surface area contributed by atoms with Gasteiger partial charge in [-0.15, -0.1) is 0 Å². The molecule has 0 fully saturated rings. The van der Waals surface area contributed by atoms with Gasteiger partial charge in [-0.2, -0.15) is 0 Å². The van der Waals surface area contributed by atoms with E-state index in [4.69, 9.17) is 0 Å². The highest BCUT2D eigenvalue weighted by Gasteiger charge is 2.37. The predicted molar refractivity (Wildman–Crippen MR) is 145 cm³/mol. The molecular weight excluding hydrogens is 410 g/mol. The Morgan fingerprint density at radius 1 is 0.471 bits per heavy atom. The summed E-state index contributed by atoms with van der Waals surface area (Å²) >= 11 is 0. The van der Waals surface area contributed by atoms with Crippen molar-refractivity contribution in [2.24, 2.45) is 0 Å². The van der Waals surface area contributed by atoms with Gasteiger partial charge in [0.1, 0.15) is 0 Å². The van der Waals surface area contributed by atoms with Gasteiger partial charge in [-0.05, 0) is 68.8 Å². The van der Waals surface area contributed by atoms with Crippen LogP contribution in [-0.2, 0) is 5.41 Å². The fraction of sp³-hybridized carbons (Fsp3) is 0.0909. The summed E-state index contributed by atoms with van der Waals surface area (Å²) in [5.41, 5.74) is 12.7. The van der Waals surface area contributed by atoms with Crippen LogP contribution in [0, 0.1) is 0 Å². The van der Waals surface area contributed by atoms with Crippen LogP contribution in [0.2, 0.25) is 0 Å². The third kappa shape index (κ3) is 3.41. The second kappa shape index (κ2) is 8.04. The minimum Gasteiger partial charge on any atom is -0.356 e. The number of hydrogen-bond acceptors (Lipinski definition) is 1. The Hall–Kier alpha value is -4.10. The van der Waals surface area contributed by atoms with Crippen molar-refractivity contribution in [3.05, 3.63) is 132 Å². The number of benzene rings is 5. The topological polar surface area (TPSA) is 12.0 Å². The first-order chi connectivity index (χ1) is 16.6. The molecule has 34 heavy (non-hydrogen) atoms. The van der Waals surface area contributed by atoms with Crippen LogP contribution in [0.15, 0.2) is 121 Å². The summed E-state index contributed by atoms with van der Waals surface area (Å²) in [6, 6.07) is 43.4.